The second-order valence-corrected chi connectivity index (χ2v) is 3.61. The van der Waals surface area contributed by atoms with E-state index in [-0.39, 0.29) is 15.1 Å². The number of aromatic nitrogens is 1. The van der Waals surface area contributed by atoms with Crippen molar-refractivity contribution < 1.29 is 18.3 Å². The Kier molecular flexibility index (Phi) is 3.77. The number of nitrogen functional groups attached to an aromatic ring is 1. The Morgan fingerprint density at radius 3 is 2.73 bits per heavy atom. The van der Waals surface area contributed by atoms with Crippen LogP contribution in [0.3, 0.4) is 0 Å². The molecule has 1 aromatic rings. The Labute approximate surface area is 98.0 Å². The van der Waals surface area contributed by atoms with Gasteiger partial charge in [-0.1, -0.05) is 0 Å². The molecule has 0 amide bonds. The molecule has 0 saturated heterocycles. The van der Waals surface area contributed by atoms with Crippen LogP contribution < -0.4 is 5.73 Å². The number of hydrogen-bond donors (Lipinski definition) is 1. The van der Waals surface area contributed by atoms with Gasteiger partial charge in [-0.15, -0.1) is 0 Å². The highest BCUT2D eigenvalue weighted by Crippen LogP contribution is 2.28. The Bertz CT molecular complexity index is 398. The molecule has 7 heteroatoms. The normalized spacial score (nSPS) is 10.5. The van der Waals surface area contributed by atoms with E-state index in [1.807, 2.05) is 0 Å². The lowest BCUT2D eigenvalue weighted by molar-refractivity contribution is 0.0588. The maximum absolute atomic E-state index is 12.6. The Balaban J connectivity index is 3.40. The Hall–Kier alpha value is -0.990. The van der Waals surface area contributed by atoms with E-state index in [2.05, 4.69) is 9.72 Å². The van der Waals surface area contributed by atoms with Gasteiger partial charge in [-0.2, -0.15) is 0 Å². The summed E-state index contributed by atoms with van der Waals surface area (Å²) >= 11 is 1.60. The number of anilines is 1. The van der Waals surface area contributed by atoms with Crippen molar-refractivity contribution in [2.75, 3.05) is 12.8 Å². The molecule has 0 atom stereocenters. The van der Waals surface area contributed by atoms with Crippen LogP contribution in [-0.2, 0) is 4.74 Å². The van der Waals surface area contributed by atoms with Gasteiger partial charge in [0.1, 0.15) is 9.52 Å². The van der Waals surface area contributed by atoms with Crippen LogP contribution in [0, 0.1) is 3.70 Å². The van der Waals surface area contributed by atoms with Gasteiger partial charge in [0.15, 0.2) is 0 Å². The summed E-state index contributed by atoms with van der Waals surface area (Å²) in [6.07, 6.45) is -2.79. The number of methoxy groups -OCH3 is 1. The first-order valence-electron chi connectivity index (χ1n) is 3.79. The van der Waals surface area contributed by atoms with Crippen LogP contribution in [-0.4, -0.2) is 18.1 Å². The average molecular weight is 328 g/mol. The second-order valence-electron chi connectivity index (χ2n) is 2.59. The highest BCUT2D eigenvalue weighted by atomic mass is 127. The van der Waals surface area contributed by atoms with E-state index < -0.39 is 18.0 Å². The molecule has 82 valence electrons. The highest BCUT2D eigenvalue weighted by Gasteiger charge is 2.23. The molecule has 0 fully saturated rings. The number of halogens is 3. The van der Waals surface area contributed by atoms with Crippen molar-refractivity contribution in [1.82, 2.24) is 4.98 Å². The number of nitrogens with zero attached hydrogens (tertiary/aromatic N) is 1. The third-order valence-corrected chi connectivity index (χ3v) is 2.48. The van der Waals surface area contributed by atoms with Crippen LogP contribution in [0.1, 0.15) is 22.3 Å². The molecule has 15 heavy (non-hydrogen) atoms. The molecule has 1 heterocycles. The first-order chi connectivity index (χ1) is 6.97. The molecule has 2 N–H and O–H groups in total. The summed E-state index contributed by atoms with van der Waals surface area (Å²) in [4.78, 5) is 14.8. The molecule has 0 aromatic carbocycles. The number of nitrogens with two attached hydrogens (primary N) is 1. The van der Waals surface area contributed by atoms with Gasteiger partial charge in [-0.3, -0.25) is 0 Å². The van der Waals surface area contributed by atoms with Crippen molar-refractivity contribution in [2.45, 2.75) is 6.43 Å². The van der Waals surface area contributed by atoms with Crippen LogP contribution >= 0.6 is 22.6 Å². The molecule has 0 saturated carbocycles. The van der Waals surface area contributed by atoms with E-state index >= 15 is 0 Å². The van der Waals surface area contributed by atoms with E-state index in [9.17, 15) is 13.6 Å². The standard InChI is InChI=1S/C8H7F2IN2O2/c1-15-8(14)3-2-4(12)13-7(11)5(3)6(9)10/h2,6H,1H3,(H2,12,13). The topological polar surface area (TPSA) is 65.2 Å². The SMILES string of the molecule is COC(=O)c1cc(N)nc(I)c1C(F)F. The first-order valence-corrected chi connectivity index (χ1v) is 4.87. The highest BCUT2D eigenvalue weighted by molar-refractivity contribution is 14.1. The van der Waals surface area contributed by atoms with E-state index in [4.69, 9.17) is 5.73 Å². The summed E-state index contributed by atoms with van der Waals surface area (Å²) in [5.74, 6) is -0.846. The van der Waals surface area contributed by atoms with Gasteiger partial charge in [0, 0.05) is 0 Å². The van der Waals surface area contributed by atoms with Gasteiger partial charge in [0.2, 0.25) is 0 Å². The molecular weight excluding hydrogens is 321 g/mol. The van der Waals surface area contributed by atoms with Crippen LogP contribution in [0.15, 0.2) is 6.07 Å². The van der Waals surface area contributed by atoms with Gasteiger partial charge >= 0.3 is 5.97 Å². The molecule has 4 nitrogen and oxygen atoms in total. The van der Waals surface area contributed by atoms with Crippen molar-refractivity contribution >= 4 is 34.4 Å². The number of pyridine rings is 1. The number of carbonyl (C=O) groups excluding carboxylic acids is 1. The van der Waals surface area contributed by atoms with E-state index in [1.54, 1.807) is 22.6 Å². The monoisotopic (exact) mass is 328 g/mol. The van der Waals surface area contributed by atoms with Gasteiger partial charge < -0.3 is 10.5 Å². The van der Waals surface area contributed by atoms with Crippen LogP contribution in [0.2, 0.25) is 0 Å². The van der Waals surface area contributed by atoms with Crippen molar-refractivity contribution in [3.63, 3.8) is 0 Å². The number of alkyl halides is 2. The van der Waals surface area contributed by atoms with E-state index in [1.165, 1.54) is 0 Å². The molecule has 1 rings (SSSR count). The molecule has 0 spiro atoms. The second kappa shape index (κ2) is 4.69. The lowest BCUT2D eigenvalue weighted by Gasteiger charge is -2.09. The van der Waals surface area contributed by atoms with Crippen molar-refractivity contribution in [3.05, 3.63) is 20.9 Å². The van der Waals surface area contributed by atoms with Crippen molar-refractivity contribution in [2.24, 2.45) is 0 Å². The zero-order chi connectivity index (χ0) is 11.6. The maximum atomic E-state index is 12.6. The molecular formula is C8H7F2IN2O2. The van der Waals surface area contributed by atoms with E-state index in [0.29, 0.717) is 0 Å². The smallest absolute Gasteiger partial charge is 0.338 e. The molecule has 1 aromatic heterocycles. The molecule has 0 bridgehead atoms. The number of ether oxygens (including phenoxy) is 1. The largest absolute Gasteiger partial charge is 0.465 e. The quantitative estimate of drug-likeness (QED) is 0.512. The van der Waals surface area contributed by atoms with Gasteiger partial charge in [0.25, 0.3) is 6.43 Å². The predicted molar refractivity (Wildman–Crippen MR) is 57.7 cm³/mol. The van der Waals surface area contributed by atoms with Gasteiger partial charge in [-0.25, -0.2) is 18.6 Å². The fourth-order valence-corrected chi connectivity index (χ4v) is 1.83. The zero-order valence-electron chi connectivity index (χ0n) is 7.63. The number of rotatable bonds is 2. The Morgan fingerprint density at radius 1 is 1.67 bits per heavy atom. The zero-order valence-corrected chi connectivity index (χ0v) is 9.79. The minimum Gasteiger partial charge on any atom is -0.465 e. The van der Waals surface area contributed by atoms with Crippen LogP contribution in [0.5, 0.6) is 0 Å². The predicted octanol–water partition coefficient (Wildman–Crippen LogP) is 1.99. The van der Waals surface area contributed by atoms with E-state index in [0.717, 1.165) is 13.2 Å². The van der Waals surface area contributed by atoms with Crippen LogP contribution in [0.4, 0.5) is 14.6 Å². The van der Waals surface area contributed by atoms with Crippen molar-refractivity contribution in [1.29, 1.82) is 0 Å². The van der Waals surface area contributed by atoms with Crippen molar-refractivity contribution in [3.8, 4) is 0 Å². The minimum absolute atomic E-state index is 0.00278. The number of esters is 1. The first kappa shape index (κ1) is 12.1. The average Bonchev–Trinajstić information content (AvgIpc) is 2.14. The molecule has 0 aliphatic heterocycles. The molecule has 0 radical (unpaired) electrons. The maximum Gasteiger partial charge on any atom is 0.338 e. The third kappa shape index (κ3) is 2.52. The summed E-state index contributed by atoms with van der Waals surface area (Å²) in [7, 11) is 1.11. The molecule has 0 aliphatic carbocycles. The lowest BCUT2D eigenvalue weighted by atomic mass is 10.1. The summed E-state index contributed by atoms with van der Waals surface area (Å²) in [5, 5.41) is 0. The Morgan fingerprint density at radius 2 is 2.27 bits per heavy atom. The molecule has 0 aliphatic rings. The summed E-state index contributed by atoms with van der Waals surface area (Å²) in [6, 6.07) is 1.08. The fraction of sp³-hybridized carbons (Fsp3) is 0.250. The summed E-state index contributed by atoms with van der Waals surface area (Å²) < 4.78 is 29.6. The molecule has 0 unspecified atom stereocenters. The van der Waals surface area contributed by atoms with Crippen LogP contribution in [0.25, 0.3) is 0 Å². The summed E-state index contributed by atoms with van der Waals surface area (Å²) in [5.41, 5.74) is 4.66. The lowest BCUT2D eigenvalue weighted by Crippen LogP contribution is -2.10. The number of hydrogen-bond acceptors (Lipinski definition) is 4. The number of carbonyl (C=O) groups is 1. The van der Waals surface area contributed by atoms with Gasteiger partial charge in [-0.05, 0) is 28.7 Å². The summed E-state index contributed by atoms with van der Waals surface area (Å²) in [6.45, 7) is 0. The fourth-order valence-electron chi connectivity index (χ4n) is 1.03. The third-order valence-electron chi connectivity index (χ3n) is 1.66. The minimum atomic E-state index is -2.79. The van der Waals surface area contributed by atoms with Gasteiger partial charge in [0.05, 0.1) is 18.2 Å².